The molecule has 0 unspecified atom stereocenters. The van der Waals surface area contributed by atoms with Crippen LogP contribution in [0.5, 0.6) is 0 Å². The lowest BCUT2D eigenvalue weighted by Crippen LogP contribution is -2.17. The first-order chi connectivity index (χ1) is 8.35. The first-order valence-electron chi connectivity index (χ1n) is 5.92. The van der Waals surface area contributed by atoms with Gasteiger partial charge < -0.3 is 10.4 Å². The fourth-order valence-corrected chi connectivity index (χ4v) is 4.21. The van der Waals surface area contributed by atoms with Crippen LogP contribution < -0.4 is 0 Å². The number of nitrogens with zero attached hydrogens (tertiary/aromatic N) is 2. The molecule has 1 heterocycles. The highest BCUT2D eigenvalue weighted by Crippen LogP contribution is 2.38. The normalized spacial score (nSPS) is 23.8. The van der Waals surface area contributed by atoms with Crippen molar-refractivity contribution in [3.05, 3.63) is 20.9 Å². The van der Waals surface area contributed by atoms with E-state index >= 15 is 0 Å². The Morgan fingerprint density at radius 2 is 1.24 bits per heavy atom. The van der Waals surface area contributed by atoms with Crippen LogP contribution in [0.25, 0.3) is 0 Å². The molecule has 2 N–H and O–H groups in total. The summed E-state index contributed by atoms with van der Waals surface area (Å²) in [6, 6.07) is 0. The van der Waals surface area contributed by atoms with Crippen LogP contribution in [0.2, 0.25) is 0 Å². The molecule has 0 aliphatic heterocycles. The van der Waals surface area contributed by atoms with Crippen LogP contribution in [0.1, 0.15) is 46.6 Å². The van der Waals surface area contributed by atoms with E-state index in [9.17, 15) is 0 Å². The van der Waals surface area contributed by atoms with E-state index in [4.69, 9.17) is 10.4 Å². The summed E-state index contributed by atoms with van der Waals surface area (Å²) >= 11 is 1.79. The fraction of sp³-hybridized carbons (Fsp3) is 0.500. The third-order valence-electron chi connectivity index (χ3n) is 3.51. The van der Waals surface area contributed by atoms with Crippen LogP contribution in [-0.2, 0) is 12.8 Å². The van der Waals surface area contributed by atoms with Crippen LogP contribution in [0.4, 0.5) is 0 Å². The summed E-state index contributed by atoms with van der Waals surface area (Å²) in [5.74, 6) is 0. The lowest BCUT2D eigenvalue weighted by Gasteiger charge is -2.17. The molecule has 2 aliphatic carbocycles. The molecule has 0 saturated carbocycles. The summed E-state index contributed by atoms with van der Waals surface area (Å²) in [4.78, 5) is 2.58. The zero-order chi connectivity index (χ0) is 11.8. The molecule has 1 aromatic heterocycles. The van der Waals surface area contributed by atoms with Crippen molar-refractivity contribution in [2.45, 2.75) is 38.5 Å². The molecule has 5 heteroatoms. The number of fused-ring (bicyclic) bond motifs is 3. The molecule has 0 atom stereocenters. The van der Waals surface area contributed by atoms with Gasteiger partial charge in [-0.25, -0.2) is 0 Å². The Hall–Kier alpha value is -1.36. The van der Waals surface area contributed by atoms with Crippen molar-refractivity contribution >= 4 is 22.8 Å². The van der Waals surface area contributed by atoms with Crippen LogP contribution in [-0.4, -0.2) is 21.8 Å². The average molecular weight is 250 g/mol. The van der Waals surface area contributed by atoms with Crippen molar-refractivity contribution in [3.8, 4) is 0 Å². The number of rotatable bonds is 0. The largest absolute Gasteiger partial charge is 0.411 e. The molecule has 2 aliphatic rings. The summed E-state index contributed by atoms with van der Waals surface area (Å²) in [5, 5.41) is 25.1. The van der Waals surface area contributed by atoms with Gasteiger partial charge in [0, 0.05) is 20.9 Å². The van der Waals surface area contributed by atoms with Crippen LogP contribution in [0.3, 0.4) is 0 Å². The van der Waals surface area contributed by atoms with E-state index in [-0.39, 0.29) is 0 Å². The Balaban J connectivity index is 2.24. The van der Waals surface area contributed by atoms with Gasteiger partial charge >= 0.3 is 0 Å². The van der Waals surface area contributed by atoms with Crippen molar-refractivity contribution in [1.29, 1.82) is 0 Å². The van der Waals surface area contributed by atoms with E-state index in [1.54, 1.807) is 11.3 Å². The van der Waals surface area contributed by atoms with Crippen LogP contribution in [0, 0.1) is 0 Å². The van der Waals surface area contributed by atoms with E-state index in [1.807, 2.05) is 0 Å². The quantitative estimate of drug-likeness (QED) is 0.549. The molecule has 0 fully saturated rings. The molecule has 1 aromatic rings. The van der Waals surface area contributed by atoms with Crippen LogP contribution in [0.15, 0.2) is 10.3 Å². The van der Waals surface area contributed by atoms with Gasteiger partial charge in [-0.3, -0.25) is 0 Å². The monoisotopic (exact) mass is 250 g/mol. The van der Waals surface area contributed by atoms with Gasteiger partial charge in [0.05, 0.1) is 11.4 Å². The Morgan fingerprint density at radius 3 is 1.65 bits per heavy atom. The molecular formula is C12H14N2O2S. The molecular weight excluding hydrogens is 236 g/mol. The maximum Gasteiger partial charge on any atom is 0.0885 e. The first-order valence-corrected chi connectivity index (χ1v) is 6.74. The Kier molecular flexibility index (Phi) is 2.63. The molecule has 0 amide bonds. The van der Waals surface area contributed by atoms with E-state index < -0.39 is 0 Å². The van der Waals surface area contributed by atoms with E-state index in [0.29, 0.717) is 0 Å². The Bertz CT molecular complexity index is 472. The highest BCUT2D eigenvalue weighted by atomic mass is 32.1. The molecule has 0 saturated heterocycles. The minimum Gasteiger partial charge on any atom is -0.411 e. The number of aryl methyl sites for hydroxylation is 2. The predicted octanol–water partition coefficient (Wildman–Crippen LogP) is 2.78. The SMILES string of the molecule is ON=C1CCCc2sc3c(c21)C(=NO)CCC3. The standard InChI is InChI=1S/C12H14N2O2S/c15-13-7-3-1-5-9-11(7)12-8(14-16)4-2-6-10(12)17-9/h15-16H,1-6H2. The van der Waals surface area contributed by atoms with Gasteiger partial charge in [-0.05, 0) is 38.5 Å². The Labute approximate surface area is 103 Å². The van der Waals surface area contributed by atoms with Gasteiger partial charge in [0.25, 0.3) is 0 Å². The van der Waals surface area contributed by atoms with Gasteiger partial charge in [0.1, 0.15) is 0 Å². The molecule has 3 rings (SSSR count). The summed E-state index contributed by atoms with van der Waals surface area (Å²) in [7, 11) is 0. The number of hydrogen-bond donors (Lipinski definition) is 2. The topological polar surface area (TPSA) is 65.2 Å². The number of oxime groups is 2. The molecule has 0 aromatic carbocycles. The molecule has 0 bridgehead atoms. The number of thiophene rings is 1. The van der Waals surface area contributed by atoms with Crippen molar-refractivity contribution in [2.24, 2.45) is 10.3 Å². The third-order valence-corrected chi connectivity index (χ3v) is 4.82. The third kappa shape index (κ3) is 1.57. The van der Waals surface area contributed by atoms with Gasteiger partial charge in [0.15, 0.2) is 0 Å². The van der Waals surface area contributed by atoms with E-state index in [1.165, 1.54) is 9.75 Å². The molecule has 4 nitrogen and oxygen atoms in total. The molecule has 17 heavy (non-hydrogen) atoms. The molecule has 0 radical (unpaired) electrons. The van der Waals surface area contributed by atoms with Crippen LogP contribution >= 0.6 is 11.3 Å². The zero-order valence-electron chi connectivity index (χ0n) is 9.44. The zero-order valence-corrected chi connectivity index (χ0v) is 10.3. The minimum absolute atomic E-state index is 0.756. The predicted molar refractivity (Wildman–Crippen MR) is 66.8 cm³/mol. The van der Waals surface area contributed by atoms with E-state index in [0.717, 1.165) is 61.1 Å². The summed E-state index contributed by atoms with van der Waals surface area (Å²) < 4.78 is 0. The highest BCUT2D eigenvalue weighted by molar-refractivity contribution is 7.12. The second-order valence-corrected chi connectivity index (χ2v) is 5.69. The summed E-state index contributed by atoms with van der Waals surface area (Å²) in [6.07, 6.45) is 5.79. The average Bonchev–Trinajstić information content (AvgIpc) is 2.76. The second-order valence-electron chi connectivity index (χ2n) is 4.50. The van der Waals surface area contributed by atoms with Gasteiger partial charge in [-0.1, -0.05) is 10.3 Å². The number of hydrogen-bond acceptors (Lipinski definition) is 5. The summed E-state index contributed by atoms with van der Waals surface area (Å²) in [5.41, 5.74) is 3.61. The fourth-order valence-electron chi connectivity index (χ4n) is 2.77. The lowest BCUT2D eigenvalue weighted by molar-refractivity contribution is 0.316. The van der Waals surface area contributed by atoms with E-state index in [2.05, 4.69) is 10.3 Å². The maximum atomic E-state index is 9.11. The van der Waals surface area contributed by atoms with Gasteiger partial charge in [-0.2, -0.15) is 0 Å². The summed E-state index contributed by atoms with van der Waals surface area (Å²) in [6.45, 7) is 0. The van der Waals surface area contributed by atoms with Gasteiger partial charge in [0.2, 0.25) is 0 Å². The molecule has 0 spiro atoms. The lowest BCUT2D eigenvalue weighted by atomic mass is 9.87. The minimum atomic E-state index is 0.756. The smallest absolute Gasteiger partial charge is 0.0885 e. The molecule has 90 valence electrons. The van der Waals surface area contributed by atoms with Gasteiger partial charge in [-0.15, -0.1) is 11.3 Å². The van der Waals surface area contributed by atoms with Crippen molar-refractivity contribution in [1.82, 2.24) is 0 Å². The highest BCUT2D eigenvalue weighted by Gasteiger charge is 2.30. The first kappa shape index (κ1) is 10.8. The Morgan fingerprint density at radius 1 is 0.765 bits per heavy atom. The van der Waals surface area contributed by atoms with Crippen molar-refractivity contribution in [2.75, 3.05) is 0 Å². The second kappa shape index (κ2) is 4.14. The van der Waals surface area contributed by atoms with Crippen molar-refractivity contribution in [3.63, 3.8) is 0 Å². The van der Waals surface area contributed by atoms with Crippen molar-refractivity contribution < 1.29 is 10.4 Å². The maximum absolute atomic E-state index is 9.11.